The van der Waals surface area contributed by atoms with Gasteiger partial charge in [0.15, 0.2) is 11.5 Å². The lowest BCUT2D eigenvalue weighted by atomic mass is 9.48. The van der Waals surface area contributed by atoms with Crippen LogP contribution in [-0.2, 0) is 16.6 Å². The van der Waals surface area contributed by atoms with Gasteiger partial charge in [-0.15, -0.1) is 11.3 Å². The first-order chi connectivity index (χ1) is 18.7. The van der Waals surface area contributed by atoms with Crippen LogP contribution in [0.1, 0.15) is 62.0 Å². The van der Waals surface area contributed by atoms with E-state index in [-0.39, 0.29) is 29.7 Å². The summed E-state index contributed by atoms with van der Waals surface area (Å²) in [6.07, 6.45) is 8.63. The van der Waals surface area contributed by atoms with Crippen molar-refractivity contribution in [3.05, 3.63) is 50.1 Å². The first kappa shape index (κ1) is 26.1. The van der Waals surface area contributed by atoms with Crippen molar-refractivity contribution in [2.24, 2.45) is 11.8 Å². The molecule has 1 spiro atoms. The van der Waals surface area contributed by atoms with Crippen molar-refractivity contribution in [3.63, 3.8) is 0 Å². The minimum atomic E-state index is -0.945. The van der Waals surface area contributed by atoms with Crippen LogP contribution in [0.5, 0.6) is 11.5 Å². The number of aromatic hydroxyl groups is 1. The highest BCUT2D eigenvalue weighted by Crippen LogP contribution is 2.66. The van der Waals surface area contributed by atoms with E-state index in [0.29, 0.717) is 25.1 Å². The number of benzene rings is 1. The molecule has 3 fully saturated rings. The summed E-state index contributed by atoms with van der Waals surface area (Å²) in [5, 5.41) is 25.7. The molecule has 2 aliphatic heterocycles. The molecular weight excluding hydrogens is 576 g/mol. The van der Waals surface area contributed by atoms with Gasteiger partial charge in [-0.05, 0) is 96.6 Å². The standard InChI is InChI=1S/C31H37BrN2O4S/c1-18(2)15-34(26(36)8-6-22-14-21(32)17-39-22)23-9-10-31(37)25-13-20-5-7-24(35)28-27(20)30(31,29(23)38-28)11-12-33(25)16-19-3-4-19/h5-8,14,17-19,23,25,29,35,37H,3-4,9-13,15-16H2,1-2H3/b8-6+/t23-,25-,29+,30+,31-/m1/s1. The molecule has 5 atom stereocenters. The third kappa shape index (κ3) is 3.96. The van der Waals surface area contributed by atoms with Crippen molar-refractivity contribution >= 4 is 39.2 Å². The number of hydrogen-bond acceptors (Lipinski definition) is 6. The Morgan fingerprint density at radius 3 is 2.85 bits per heavy atom. The number of carbonyl (C=O) groups excluding carboxylic acids is 1. The van der Waals surface area contributed by atoms with Crippen LogP contribution in [0.2, 0.25) is 0 Å². The zero-order chi connectivity index (χ0) is 27.1. The quantitative estimate of drug-likeness (QED) is 0.413. The molecule has 39 heavy (non-hydrogen) atoms. The Labute approximate surface area is 242 Å². The first-order valence-corrected chi connectivity index (χ1v) is 16.1. The Kier molecular flexibility index (Phi) is 6.23. The summed E-state index contributed by atoms with van der Waals surface area (Å²) in [5.74, 6) is 1.68. The second kappa shape index (κ2) is 9.33. The lowest BCUT2D eigenvalue weighted by molar-refractivity contribution is -0.201. The maximum Gasteiger partial charge on any atom is 0.246 e. The van der Waals surface area contributed by atoms with Gasteiger partial charge >= 0.3 is 0 Å². The summed E-state index contributed by atoms with van der Waals surface area (Å²) in [6, 6.07) is 5.65. The maximum atomic E-state index is 13.8. The van der Waals surface area contributed by atoms with Gasteiger partial charge in [0.25, 0.3) is 0 Å². The van der Waals surface area contributed by atoms with Crippen molar-refractivity contribution in [3.8, 4) is 11.5 Å². The monoisotopic (exact) mass is 612 g/mol. The van der Waals surface area contributed by atoms with Gasteiger partial charge in [0.1, 0.15) is 6.10 Å². The number of carbonyl (C=O) groups is 1. The molecular formula is C31H37BrN2O4S. The van der Waals surface area contributed by atoms with Gasteiger partial charge in [-0.25, -0.2) is 0 Å². The van der Waals surface area contributed by atoms with E-state index in [1.807, 2.05) is 28.5 Å². The SMILES string of the molecule is CC(C)CN(C(=O)/C=C/c1cc(Br)cs1)[C@@H]1CC[C@@]2(O)[C@H]3Cc4ccc(O)c5c4[C@@]2(CCN3CC2CC2)[C@H]1O5. The number of phenols is 1. The van der Waals surface area contributed by atoms with Gasteiger partial charge in [0, 0.05) is 45.5 Å². The Balaban J connectivity index is 1.29. The number of phenolic OH excluding ortho intramolecular Hbond substituents is 1. The van der Waals surface area contributed by atoms with E-state index in [0.717, 1.165) is 46.8 Å². The van der Waals surface area contributed by atoms with Gasteiger partial charge < -0.3 is 19.8 Å². The number of thiophene rings is 1. The van der Waals surface area contributed by atoms with Gasteiger partial charge in [-0.1, -0.05) is 19.9 Å². The minimum Gasteiger partial charge on any atom is -0.504 e. The van der Waals surface area contributed by atoms with E-state index in [2.05, 4.69) is 34.7 Å². The summed E-state index contributed by atoms with van der Waals surface area (Å²) in [4.78, 5) is 19.4. The second-order valence-corrected chi connectivity index (χ2v) is 14.6. The lowest BCUT2D eigenvalue weighted by Gasteiger charge is -2.65. The molecule has 3 heterocycles. The molecule has 1 amide bonds. The Morgan fingerprint density at radius 1 is 1.31 bits per heavy atom. The van der Waals surface area contributed by atoms with Gasteiger partial charge in [-0.3, -0.25) is 9.69 Å². The fraction of sp³-hybridized carbons (Fsp3) is 0.581. The van der Waals surface area contributed by atoms with Crippen LogP contribution in [0.4, 0.5) is 0 Å². The smallest absolute Gasteiger partial charge is 0.246 e. The Hall–Kier alpha value is -1.87. The number of likely N-dealkylation sites (tertiary alicyclic amines) is 1. The summed E-state index contributed by atoms with van der Waals surface area (Å²) in [7, 11) is 0. The predicted octanol–water partition coefficient (Wildman–Crippen LogP) is 5.35. The molecule has 7 rings (SSSR count). The molecule has 5 aliphatic rings. The molecule has 1 aromatic heterocycles. The molecule has 208 valence electrons. The average molecular weight is 614 g/mol. The highest BCUT2D eigenvalue weighted by molar-refractivity contribution is 9.10. The number of halogens is 1. The lowest BCUT2D eigenvalue weighted by Crippen LogP contribution is -2.78. The van der Waals surface area contributed by atoms with Crippen LogP contribution in [0.25, 0.3) is 6.08 Å². The third-order valence-electron chi connectivity index (χ3n) is 9.95. The summed E-state index contributed by atoms with van der Waals surface area (Å²) in [5.41, 5.74) is 0.628. The van der Waals surface area contributed by atoms with Crippen molar-refractivity contribution < 1.29 is 19.7 Å². The summed E-state index contributed by atoms with van der Waals surface area (Å²) >= 11 is 5.09. The van der Waals surface area contributed by atoms with Gasteiger partial charge in [0.05, 0.1) is 17.1 Å². The molecule has 2 aromatic rings. The molecule has 6 nitrogen and oxygen atoms in total. The molecule has 3 aliphatic carbocycles. The molecule has 1 aromatic carbocycles. The second-order valence-electron chi connectivity index (χ2n) is 12.8. The van der Waals surface area contributed by atoms with Crippen LogP contribution in [0, 0.1) is 11.8 Å². The van der Waals surface area contributed by atoms with E-state index >= 15 is 0 Å². The molecule has 0 radical (unpaired) electrons. The normalized spacial score (nSPS) is 32.9. The van der Waals surface area contributed by atoms with E-state index < -0.39 is 17.1 Å². The summed E-state index contributed by atoms with van der Waals surface area (Å²) in [6.45, 7) is 6.86. The van der Waals surface area contributed by atoms with Crippen LogP contribution in [0.15, 0.2) is 34.1 Å². The summed E-state index contributed by atoms with van der Waals surface area (Å²) < 4.78 is 7.76. The average Bonchev–Trinajstić information content (AvgIpc) is 3.50. The number of piperidine rings is 1. The topological polar surface area (TPSA) is 73.2 Å². The highest BCUT2D eigenvalue weighted by Gasteiger charge is 2.73. The number of aliphatic hydroxyl groups is 1. The van der Waals surface area contributed by atoms with Gasteiger partial charge in [0.2, 0.25) is 5.91 Å². The molecule has 1 saturated heterocycles. The number of ether oxygens (including phenoxy) is 1. The maximum absolute atomic E-state index is 13.8. The van der Waals surface area contributed by atoms with E-state index in [4.69, 9.17) is 4.74 Å². The van der Waals surface area contributed by atoms with E-state index in [1.54, 1.807) is 23.5 Å². The number of nitrogens with zero attached hydrogens (tertiary/aromatic N) is 2. The van der Waals surface area contributed by atoms with Crippen molar-refractivity contribution in [2.75, 3.05) is 19.6 Å². The fourth-order valence-corrected chi connectivity index (χ4v) is 9.56. The zero-order valence-corrected chi connectivity index (χ0v) is 25.0. The van der Waals surface area contributed by atoms with Crippen molar-refractivity contribution in [1.82, 2.24) is 9.80 Å². The van der Waals surface area contributed by atoms with Gasteiger partial charge in [-0.2, -0.15) is 0 Å². The zero-order valence-electron chi connectivity index (χ0n) is 22.6. The number of hydrogen-bond donors (Lipinski definition) is 2. The van der Waals surface area contributed by atoms with Crippen LogP contribution < -0.4 is 4.74 Å². The number of rotatable bonds is 7. The van der Waals surface area contributed by atoms with Crippen molar-refractivity contribution in [1.29, 1.82) is 0 Å². The fourth-order valence-electron chi connectivity index (χ4n) is 8.22. The molecule has 2 N–H and O–H groups in total. The largest absolute Gasteiger partial charge is 0.504 e. The van der Waals surface area contributed by atoms with Crippen LogP contribution in [-0.4, -0.2) is 69.3 Å². The van der Waals surface area contributed by atoms with E-state index in [1.165, 1.54) is 18.4 Å². The predicted molar refractivity (Wildman–Crippen MR) is 156 cm³/mol. The Bertz CT molecular complexity index is 1340. The molecule has 2 bridgehead atoms. The number of amides is 1. The third-order valence-corrected chi connectivity index (χ3v) is 11.6. The Morgan fingerprint density at radius 2 is 2.13 bits per heavy atom. The molecule has 0 unspecified atom stereocenters. The molecule has 2 saturated carbocycles. The van der Waals surface area contributed by atoms with E-state index in [9.17, 15) is 15.0 Å². The molecule has 8 heteroatoms. The van der Waals surface area contributed by atoms with Crippen LogP contribution in [0.3, 0.4) is 0 Å². The first-order valence-electron chi connectivity index (χ1n) is 14.4. The highest BCUT2D eigenvalue weighted by atomic mass is 79.9. The minimum absolute atomic E-state index is 0.0254. The van der Waals surface area contributed by atoms with Crippen molar-refractivity contribution in [2.45, 2.75) is 81.6 Å². The van der Waals surface area contributed by atoms with Crippen LogP contribution >= 0.6 is 27.3 Å².